The van der Waals surface area contributed by atoms with E-state index in [0.29, 0.717) is 22.9 Å². The van der Waals surface area contributed by atoms with Gasteiger partial charge in [-0.15, -0.1) is 11.8 Å². The molecule has 10 heteroatoms. The third-order valence-electron chi connectivity index (χ3n) is 4.48. The highest BCUT2D eigenvalue weighted by Gasteiger charge is 2.16. The van der Waals surface area contributed by atoms with Gasteiger partial charge in [-0.3, -0.25) is 9.52 Å². The van der Waals surface area contributed by atoms with Crippen LogP contribution in [0, 0.1) is 0 Å². The fraction of sp³-hybridized carbons (Fsp3) is 0.174. The van der Waals surface area contributed by atoms with E-state index in [1.807, 2.05) is 24.3 Å². The Labute approximate surface area is 197 Å². The van der Waals surface area contributed by atoms with Gasteiger partial charge in [-0.05, 0) is 48.5 Å². The lowest BCUT2D eigenvalue weighted by Crippen LogP contribution is -2.15. The lowest BCUT2D eigenvalue weighted by Gasteiger charge is -2.12. The molecule has 33 heavy (non-hydrogen) atoms. The van der Waals surface area contributed by atoms with Gasteiger partial charge in [-0.25, -0.2) is 8.42 Å². The van der Waals surface area contributed by atoms with Crippen molar-refractivity contribution in [1.82, 2.24) is 0 Å². The maximum Gasteiger partial charge on any atom is 0.261 e. The number of methoxy groups -OCH3 is 3. The van der Waals surface area contributed by atoms with Crippen LogP contribution in [-0.2, 0) is 14.8 Å². The predicted molar refractivity (Wildman–Crippen MR) is 129 cm³/mol. The quantitative estimate of drug-likeness (QED) is 0.411. The molecule has 3 aromatic carbocycles. The van der Waals surface area contributed by atoms with Crippen molar-refractivity contribution in [2.45, 2.75) is 9.79 Å². The molecule has 0 spiro atoms. The summed E-state index contributed by atoms with van der Waals surface area (Å²) in [7, 11) is 0.710. The van der Waals surface area contributed by atoms with Gasteiger partial charge in [-0.1, -0.05) is 0 Å². The van der Waals surface area contributed by atoms with Gasteiger partial charge >= 0.3 is 0 Å². The first kappa shape index (κ1) is 24.3. The molecule has 0 atom stereocenters. The van der Waals surface area contributed by atoms with Crippen LogP contribution in [-0.4, -0.2) is 41.4 Å². The number of thioether (sulfide) groups is 1. The topological polar surface area (TPSA) is 103 Å². The zero-order valence-electron chi connectivity index (χ0n) is 18.3. The normalized spacial score (nSPS) is 10.9. The summed E-state index contributed by atoms with van der Waals surface area (Å²) in [6, 6.07) is 18.1. The number of hydrogen-bond acceptors (Lipinski definition) is 7. The van der Waals surface area contributed by atoms with Crippen molar-refractivity contribution >= 4 is 39.1 Å². The molecule has 0 saturated carbocycles. The van der Waals surface area contributed by atoms with Crippen LogP contribution in [0.1, 0.15) is 0 Å². The summed E-state index contributed by atoms with van der Waals surface area (Å²) < 4.78 is 43.4. The van der Waals surface area contributed by atoms with Crippen LogP contribution < -0.4 is 24.2 Å². The van der Waals surface area contributed by atoms with E-state index in [-0.39, 0.29) is 16.6 Å². The molecule has 3 rings (SSSR count). The van der Waals surface area contributed by atoms with Gasteiger partial charge < -0.3 is 19.5 Å². The van der Waals surface area contributed by atoms with Crippen molar-refractivity contribution in [2.24, 2.45) is 0 Å². The number of carbonyl (C=O) groups is 1. The first-order valence-electron chi connectivity index (χ1n) is 9.75. The number of carbonyl (C=O) groups excluding carboxylic acids is 1. The molecule has 0 heterocycles. The summed E-state index contributed by atoms with van der Waals surface area (Å²) in [5.74, 6) is 1.67. The lowest BCUT2D eigenvalue weighted by atomic mass is 10.3. The van der Waals surface area contributed by atoms with Crippen molar-refractivity contribution in [3.8, 4) is 17.2 Å². The van der Waals surface area contributed by atoms with Gasteiger partial charge in [0.2, 0.25) is 5.91 Å². The molecule has 0 fully saturated rings. The SMILES string of the molecule is COc1ccc(SCC(=O)Nc2ccc(S(=O)(=O)Nc3cc(OC)cc(OC)c3)cc2)cc1. The monoisotopic (exact) mass is 488 g/mol. The Morgan fingerprint density at radius 1 is 0.788 bits per heavy atom. The minimum absolute atomic E-state index is 0.0508. The molecule has 1 amide bonds. The zero-order chi connectivity index (χ0) is 23.8. The maximum absolute atomic E-state index is 12.7. The summed E-state index contributed by atoms with van der Waals surface area (Å²) in [4.78, 5) is 13.2. The second-order valence-corrected chi connectivity index (χ2v) is 9.47. The van der Waals surface area contributed by atoms with Crippen molar-refractivity contribution in [3.63, 3.8) is 0 Å². The molecule has 0 aliphatic carbocycles. The van der Waals surface area contributed by atoms with Crippen LogP contribution in [0.3, 0.4) is 0 Å². The average molecular weight is 489 g/mol. The minimum atomic E-state index is -3.85. The summed E-state index contributed by atoms with van der Waals surface area (Å²) in [6.45, 7) is 0. The van der Waals surface area contributed by atoms with Crippen LogP contribution in [0.15, 0.2) is 76.5 Å². The van der Waals surface area contributed by atoms with Crippen molar-refractivity contribution < 1.29 is 27.4 Å². The van der Waals surface area contributed by atoms with Crippen LogP contribution >= 0.6 is 11.8 Å². The second-order valence-electron chi connectivity index (χ2n) is 6.74. The standard InChI is InChI=1S/C23H24N2O6S2/c1-29-18-6-8-21(9-7-18)32-15-23(26)24-16-4-10-22(11-5-16)33(27,28)25-17-12-19(30-2)14-20(13-17)31-3/h4-14,25H,15H2,1-3H3,(H,24,26). The molecule has 3 aromatic rings. The number of nitrogens with one attached hydrogen (secondary N) is 2. The smallest absolute Gasteiger partial charge is 0.261 e. The van der Waals surface area contributed by atoms with Crippen LogP contribution in [0.25, 0.3) is 0 Å². The van der Waals surface area contributed by atoms with Crippen LogP contribution in [0.5, 0.6) is 17.2 Å². The Morgan fingerprint density at radius 3 is 1.91 bits per heavy atom. The highest BCUT2D eigenvalue weighted by Crippen LogP contribution is 2.28. The van der Waals surface area contributed by atoms with E-state index in [1.165, 1.54) is 50.2 Å². The Hall–Kier alpha value is -3.37. The van der Waals surface area contributed by atoms with Gasteiger partial charge in [-0.2, -0.15) is 0 Å². The van der Waals surface area contributed by atoms with Crippen molar-refractivity contribution in [3.05, 3.63) is 66.7 Å². The molecule has 174 valence electrons. The second kappa shape index (κ2) is 11.0. The fourth-order valence-electron chi connectivity index (χ4n) is 2.82. The Bertz CT molecular complexity index is 1170. The van der Waals surface area contributed by atoms with E-state index in [4.69, 9.17) is 14.2 Å². The number of hydrogen-bond donors (Lipinski definition) is 2. The first-order valence-corrected chi connectivity index (χ1v) is 12.2. The van der Waals surface area contributed by atoms with Crippen molar-refractivity contribution in [1.29, 1.82) is 0 Å². The summed E-state index contributed by atoms with van der Waals surface area (Å²) in [5, 5.41) is 2.76. The summed E-state index contributed by atoms with van der Waals surface area (Å²) >= 11 is 1.39. The third kappa shape index (κ3) is 6.80. The summed E-state index contributed by atoms with van der Waals surface area (Å²) in [5.41, 5.74) is 0.802. The number of ether oxygens (including phenoxy) is 3. The van der Waals surface area contributed by atoms with E-state index in [9.17, 15) is 13.2 Å². The van der Waals surface area contributed by atoms with Gasteiger partial charge in [0.05, 0.1) is 37.7 Å². The van der Waals surface area contributed by atoms with E-state index >= 15 is 0 Å². The van der Waals surface area contributed by atoms with Crippen LogP contribution in [0.2, 0.25) is 0 Å². The van der Waals surface area contributed by atoms with Crippen LogP contribution in [0.4, 0.5) is 11.4 Å². The molecule has 0 radical (unpaired) electrons. The van der Waals surface area contributed by atoms with E-state index in [1.54, 1.807) is 25.3 Å². The molecule has 8 nitrogen and oxygen atoms in total. The molecular weight excluding hydrogens is 464 g/mol. The molecule has 0 aliphatic rings. The zero-order valence-corrected chi connectivity index (χ0v) is 20.0. The number of rotatable bonds is 10. The first-order chi connectivity index (χ1) is 15.8. The summed E-state index contributed by atoms with van der Waals surface area (Å²) in [6.07, 6.45) is 0. The molecular formula is C23H24N2O6S2. The molecule has 0 bridgehead atoms. The highest BCUT2D eigenvalue weighted by atomic mass is 32.2. The van der Waals surface area contributed by atoms with E-state index in [2.05, 4.69) is 10.0 Å². The molecule has 0 aliphatic heterocycles. The molecule has 0 unspecified atom stereocenters. The largest absolute Gasteiger partial charge is 0.497 e. The van der Waals surface area contributed by atoms with E-state index < -0.39 is 10.0 Å². The number of amides is 1. The molecule has 0 aromatic heterocycles. The molecule has 0 saturated heterocycles. The fourth-order valence-corrected chi connectivity index (χ4v) is 4.55. The Balaban J connectivity index is 1.61. The Kier molecular flexibility index (Phi) is 8.07. The van der Waals surface area contributed by atoms with Gasteiger partial charge in [0.25, 0.3) is 10.0 Å². The average Bonchev–Trinajstić information content (AvgIpc) is 2.82. The Morgan fingerprint density at radius 2 is 1.36 bits per heavy atom. The maximum atomic E-state index is 12.7. The predicted octanol–water partition coefficient (Wildman–Crippen LogP) is 4.24. The third-order valence-corrected chi connectivity index (χ3v) is 6.89. The number of anilines is 2. The lowest BCUT2D eigenvalue weighted by molar-refractivity contribution is -0.113. The highest BCUT2D eigenvalue weighted by molar-refractivity contribution is 8.00. The van der Waals surface area contributed by atoms with Gasteiger partial charge in [0.1, 0.15) is 17.2 Å². The number of sulfonamides is 1. The van der Waals surface area contributed by atoms with Gasteiger partial charge in [0.15, 0.2) is 0 Å². The van der Waals surface area contributed by atoms with E-state index in [0.717, 1.165) is 10.6 Å². The molecule has 2 N–H and O–H groups in total. The van der Waals surface area contributed by atoms with Gasteiger partial charge in [0, 0.05) is 28.8 Å². The van der Waals surface area contributed by atoms with Crippen molar-refractivity contribution in [2.75, 3.05) is 37.1 Å². The number of benzene rings is 3. The minimum Gasteiger partial charge on any atom is -0.497 e.